The van der Waals surface area contributed by atoms with Crippen LogP contribution in [0.5, 0.6) is 0 Å². The molecule has 3 nitrogen and oxygen atoms in total. The largest absolute Gasteiger partial charge is 0.330 e. The van der Waals surface area contributed by atoms with Crippen molar-refractivity contribution in [2.24, 2.45) is 5.73 Å². The predicted molar refractivity (Wildman–Crippen MR) is 68.7 cm³/mol. The first-order chi connectivity index (χ1) is 8.65. The lowest BCUT2D eigenvalue weighted by Gasteiger charge is -2.21. The fourth-order valence-electron chi connectivity index (χ4n) is 2.55. The second-order valence-electron chi connectivity index (χ2n) is 4.88. The summed E-state index contributed by atoms with van der Waals surface area (Å²) in [5, 5.41) is 0. The molecule has 1 aromatic carbocycles. The maximum Gasteiger partial charge on any atom is 0.123 e. The Morgan fingerprint density at radius 2 is 2.06 bits per heavy atom. The van der Waals surface area contributed by atoms with E-state index in [-0.39, 0.29) is 11.9 Å². The van der Waals surface area contributed by atoms with Gasteiger partial charge in [-0.05, 0) is 37.6 Å². The van der Waals surface area contributed by atoms with Crippen molar-refractivity contribution in [2.75, 3.05) is 0 Å². The van der Waals surface area contributed by atoms with Crippen LogP contribution in [-0.2, 0) is 13.0 Å². The molecule has 18 heavy (non-hydrogen) atoms. The SMILES string of the molecule is Cc1c(-c2ccc(F)cc2)nc2n1CC(N)CC2. The molecule has 0 fully saturated rings. The van der Waals surface area contributed by atoms with Crippen LogP contribution < -0.4 is 5.73 Å². The van der Waals surface area contributed by atoms with Crippen LogP contribution in [0.1, 0.15) is 17.9 Å². The van der Waals surface area contributed by atoms with Crippen molar-refractivity contribution in [1.29, 1.82) is 0 Å². The first kappa shape index (κ1) is 11.4. The summed E-state index contributed by atoms with van der Waals surface area (Å²) >= 11 is 0. The molecular formula is C14H16FN3. The lowest BCUT2D eigenvalue weighted by molar-refractivity contribution is 0.448. The molecule has 0 amide bonds. The number of hydrogen-bond acceptors (Lipinski definition) is 2. The average molecular weight is 245 g/mol. The van der Waals surface area contributed by atoms with Crippen molar-refractivity contribution >= 4 is 0 Å². The van der Waals surface area contributed by atoms with Gasteiger partial charge in [0.05, 0.1) is 5.69 Å². The van der Waals surface area contributed by atoms with Crippen molar-refractivity contribution in [2.45, 2.75) is 32.4 Å². The molecule has 0 saturated carbocycles. The van der Waals surface area contributed by atoms with Gasteiger partial charge in [0.15, 0.2) is 0 Å². The van der Waals surface area contributed by atoms with Gasteiger partial charge >= 0.3 is 0 Å². The zero-order valence-corrected chi connectivity index (χ0v) is 10.4. The van der Waals surface area contributed by atoms with E-state index in [1.807, 2.05) is 6.92 Å². The van der Waals surface area contributed by atoms with Crippen molar-refractivity contribution in [3.63, 3.8) is 0 Å². The van der Waals surface area contributed by atoms with Crippen LogP contribution in [0.25, 0.3) is 11.3 Å². The molecule has 1 aromatic heterocycles. The maximum absolute atomic E-state index is 12.9. The topological polar surface area (TPSA) is 43.8 Å². The highest BCUT2D eigenvalue weighted by Gasteiger charge is 2.21. The van der Waals surface area contributed by atoms with Crippen molar-refractivity contribution in [3.8, 4) is 11.3 Å². The lowest BCUT2D eigenvalue weighted by atomic mass is 10.1. The third-order valence-electron chi connectivity index (χ3n) is 3.57. The van der Waals surface area contributed by atoms with Gasteiger partial charge in [0.25, 0.3) is 0 Å². The zero-order chi connectivity index (χ0) is 12.7. The maximum atomic E-state index is 12.9. The zero-order valence-electron chi connectivity index (χ0n) is 10.4. The van der Waals surface area contributed by atoms with Gasteiger partial charge in [0.2, 0.25) is 0 Å². The van der Waals surface area contributed by atoms with E-state index in [0.717, 1.165) is 42.2 Å². The summed E-state index contributed by atoms with van der Waals surface area (Å²) in [6.07, 6.45) is 1.91. The molecule has 3 rings (SSSR count). The summed E-state index contributed by atoms with van der Waals surface area (Å²) in [4.78, 5) is 4.67. The van der Waals surface area contributed by atoms with Crippen LogP contribution in [0.4, 0.5) is 4.39 Å². The van der Waals surface area contributed by atoms with Crippen LogP contribution >= 0.6 is 0 Å². The molecular weight excluding hydrogens is 229 g/mol. The highest BCUT2D eigenvalue weighted by atomic mass is 19.1. The number of aromatic nitrogens is 2. The molecule has 1 atom stereocenters. The molecule has 1 aliphatic heterocycles. The minimum Gasteiger partial charge on any atom is -0.330 e. The van der Waals surface area contributed by atoms with E-state index in [2.05, 4.69) is 9.55 Å². The Balaban J connectivity index is 2.06. The highest BCUT2D eigenvalue weighted by molar-refractivity contribution is 5.62. The average Bonchev–Trinajstić information content (AvgIpc) is 2.68. The Labute approximate surface area is 105 Å². The quantitative estimate of drug-likeness (QED) is 0.837. The van der Waals surface area contributed by atoms with Gasteiger partial charge in [0, 0.05) is 30.3 Å². The Bertz CT molecular complexity index is 571. The van der Waals surface area contributed by atoms with Crippen molar-refractivity contribution in [1.82, 2.24) is 9.55 Å². The van der Waals surface area contributed by atoms with Gasteiger partial charge in [0.1, 0.15) is 11.6 Å². The van der Waals surface area contributed by atoms with Gasteiger partial charge < -0.3 is 10.3 Å². The molecule has 2 N–H and O–H groups in total. The van der Waals surface area contributed by atoms with Gasteiger partial charge in [-0.15, -0.1) is 0 Å². The number of imidazole rings is 1. The van der Waals surface area contributed by atoms with E-state index >= 15 is 0 Å². The fourth-order valence-corrected chi connectivity index (χ4v) is 2.55. The van der Waals surface area contributed by atoms with Gasteiger partial charge in [-0.1, -0.05) is 0 Å². The third kappa shape index (κ3) is 1.82. The molecule has 0 radical (unpaired) electrons. The Morgan fingerprint density at radius 1 is 1.33 bits per heavy atom. The summed E-state index contributed by atoms with van der Waals surface area (Å²) < 4.78 is 15.1. The highest BCUT2D eigenvalue weighted by Crippen LogP contribution is 2.26. The molecule has 2 heterocycles. The van der Waals surface area contributed by atoms with Crippen LogP contribution in [0.15, 0.2) is 24.3 Å². The Kier molecular flexibility index (Phi) is 2.67. The molecule has 1 unspecified atom stereocenters. The van der Waals surface area contributed by atoms with E-state index in [9.17, 15) is 4.39 Å². The minimum absolute atomic E-state index is 0.214. The van der Waals surface area contributed by atoms with Crippen LogP contribution in [0.2, 0.25) is 0 Å². The second kappa shape index (κ2) is 4.21. The van der Waals surface area contributed by atoms with E-state index in [1.165, 1.54) is 12.1 Å². The predicted octanol–water partition coefficient (Wildman–Crippen LogP) is 2.27. The molecule has 94 valence electrons. The van der Waals surface area contributed by atoms with E-state index in [0.29, 0.717) is 0 Å². The van der Waals surface area contributed by atoms with Gasteiger partial charge in [-0.25, -0.2) is 9.37 Å². The number of benzene rings is 1. The van der Waals surface area contributed by atoms with E-state index < -0.39 is 0 Å². The third-order valence-corrected chi connectivity index (χ3v) is 3.57. The molecule has 0 bridgehead atoms. The standard InChI is InChI=1S/C14H16FN3/c1-9-14(10-2-4-11(15)5-3-10)17-13-7-6-12(16)8-18(9)13/h2-5,12H,6-8,16H2,1H3. The Morgan fingerprint density at radius 3 is 2.78 bits per heavy atom. The molecule has 0 aliphatic carbocycles. The summed E-state index contributed by atoms with van der Waals surface area (Å²) in [7, 11) is 0. The number of halogens is 1. The number of fused-ring (bicyclic) bond motifs is 1. The lowest BCUT2D eigenvalue weighted by Crippen LogP contribution is -2.32. The summed E-state index contributed by atoms with van der Waals surface area (Å²) in [6, 6.07) is 6.71. The van der Waals surface area contributed by atoms with Gasteiger partial charge in [-0.2, -0.15) is 0 Å². The normalized spacial score (nSPS) is 18.7. The first-order valence-corrected chi connectivity index (χ1v) is 6.22. The summed E-state index contributed by atoms with van der Waals surface area (Å²) in [5.74, 6) is 0.871. The summed E-state index contributed by atoms with van der Waals surface area (Å²) in [5.41, 5.74) is 9.01. The minimum atomic E-state index is -0.220. The number of nitrogens with two attached hydrogens (primary N) is 1. The van der Waals surface area contributed by atoms with Crippen molar-refractivity contribution < 1.29 is 4.39 Å². The molecule has 0 spiro atoms. The first-order valence-electron chi connectivity index (χ1n) is 6.22. The van der Waals surface area contributed by atoms with Crippen LogP contribution in [0, 0.1) is 12.7 Å². The van der Waals surface area contributed by atoms with Crippen molar-refractivity contribution in [3.05, 3.63) is 41.6 Å². The monoisotopic (exact) mass is 245 g/mol. The molecule has 4 heteroatoms. The number of hydrogen-bond donors (Lipinski definition) is 1. The molecule has 0 saturated heterocycles. The van der Waals surface area contributed by atoms with Gasteiger partial charge in [-0.3, -0.25) is 0 Å². The number of rotatable bonds is 1. The van der Waals surface area contributed by atoms with Crippen LogP contribution in [0.3, 0.4) is 0 Å². The van der Waals surface area contributed by atoms with Crippen LogP contribution in [-0.4, -0.2) is 15.6 Å². The Hall–Kier alpha value is -1.68. The van der Waals surface area contributed by atoms with E-state index in [1.54, 1.807) is 12.1 Å². The van der Waals surface area contributed by atoms with E-state index in [4.69, 9.17) is 5.73 Å². The fraction of sp³-hybridized carbons (Fsp3) is 0.357. The summed E-state index contributed by atoms with van der Waals surface area (Å²) in [6.45, 7) is 2.88. The number of nitrogens with zero attached hydrogens (tertiary/aromatic N) is 2. The second-order valence-corrected chi connectivity index (χ2v) is 4.88. The number of aryl methyl sites for hydroxylation is 1. The molecule has 1 aliphatic rings. The molecule has 2 aromatic rings. The smallest absolute Gasteiger partial charge is 0.123 e.